The minimum Gasteiger partial charge on any atom is -0.454 e. The van der Waals surface area contributed by atoms with E-state index in [4.69, 9.17) is 19.3 Å². The van der Waals surface area contributed by atoms with Gasteiger partial charge in [0.15, 0.2) is 11.5 Å². The Hall–Kier alpha value is -1.34. The Morgan fingerprint density at radius 2 is 2.09 bits per heavy atom. The second kappa shape index (κ2) is 9.72. The van der Waals surface area contributed by atoms with E-state index in [0.717, 1.165) is 36.4 Å². The quantitative estimate of drug-likeness (QED) is 0.641. The number of aliphatic hydroxyl groups is 2. The lowest BCUT2D eigenvalue weighted by atomic mass is 10.2. The summed E-state index contributed by atoms with van der Waals surface area (Å²) in [7, 11) is 0. The number of rotatable bonds is 11. The Morgan fingerprint density at radius 3 is 2.87 bits per heavy atom. The third-order valence-electron chi connectivity index (χ3n) is 3.73. The van der Waals surface area contributed by atoms with Crippen molar-refractivity contribution in [1.82, 2.24) is 4.90 Å². The first kappa shape index (κ1) is 18.0. The molecular formula is C17H27NO5. The van der Waals surface area contributed by atoms with Crippen LogP contribution in [0.1, 0.15) is 25.3 Å². The van der Waals surface area contributed by atoms with Crippen molar-refractivity contribution < 1.29 is 24.4 Å². The molecule has 0 aromatic heterocycles. The van der Waals surface area contributed by atoms with Crippen molar-refractivity contribution in [2.75, 3.05) is 39.6 Å². The number of nitrogens with zero attached hydrogens (tertiary/aromatic N) is 1. The Kier molecular flexibility index (Phi) is 7.61. The first-order valence-electron chi connectivity index (χ1n) is 8.20. The molecule has 1 atom stereocenters. The van der Waals surface area contributed by atoms with E-state index in [2.05, 4.69) is 11.8 Å². The lowest BCUT2D eigenvalue weighted by Gasteiger charge is -2.24. The lowest BCUT2D eigenvalue weighted by molar-refractivity contribution is 0.00742. The van der Waals surface area contributed by atoms with E-state index < -0.39 is 6.10 Å². The third-order valence-corrected chi connectivity index (χ3v) is 3.73. The molecule has 1 aromatic carbocycles. The molecule has 1 aliphatic rings. The molecule has 0 saturated carbocycles. The molecule has 0 saturated heterocycles. The Bertz CT molecular complexity index is 468. The summed E-state index contributed by atoms with van der Waals surface area (Å²) in [5, 5.41) is 19.2. The molecule has 23 heavy (non-hydrogen) atoms. The van der Waals surface area contributed by atoms with E-state index in [1.165, 1.54) is 0 Å². The number of aliphatic hydroxyl groups excluding tert-OH is 2. The van der Waals surface area contributed by atoms with Gasteiger partial charge in [-0.2, -0.15) is 0 Å². The summed E-state index contributed by atoms with van der Waals surface area (Å²) >= 11 is 0. The van der Waals surface area contributed by atoms with Gasteiger partial charge in [-0.25, -0.2) is 0 Å². The molecule has 0 spiro atoms. The van der Waals surface area contributed by atoms with Crippen LogP contribution < -0.4 is 9.47 Å². The van der Waals surface area contributed by atoms with Crippen molar-refractivity contribution in [2.45, 2.75) is 32.5 Å². The van der Waals surface area contributed by atoms with Crippen LogP contribution in [-0.2, 0) is 11.3 Å². The molecule has 130 valence electrons. The van der Waals surface area contributed by atoms with Crippen LogP contribution in [-0.4, -0.2) is 60.9 Å². The van der Waals surface area contributed by atoms with Gasteiger partial charge >= 0.3 is 0 Å². The van der Waals surface area contributed by atoms with Gasteiger partial charge in [-0.05, 0) is 30.7 Å². The van der Waals surface area contributed by atoms with Gasteiger partial charge < -0.3 is 24.4 Å². The van der Waals surface area contributed by atoms with Crippen LogP contribution in [0.3, 0.4) is 0 Å². The van der Waals surface area contributed by atoms with Crippen molar-refractivity contribution in [2.24, 2.45) is 0 Å². The molecule has 1 heterocycles. The summed E-state index contributed by atoms with van der Waals surface area (Å²) < 4.78 is 16.2. The molecule has 0 fully saturated rings. The number of hydrogen-bond acceptors (Lipinski definition) is 6. The largest absolute Gasteiger partial charge is 0.454 e. The Morgan fingerprint density at radius 1 is 1.26 bits per heavy atom. The van der Waals surface area contributed by atoms with Gasteiger partial charge in [-0.3, -0.25) is 4.90 Å². The molecule has 0 amide bonds. The maximum Gasteiger partial charge on any atom is 0.231 e. The second-order valence-corrected chi connectivity index (χ2v) is 5.73. The van der Waals surface area contributed by atoms with Gasteiger partial charge in [0.1, 0.15) is 0 Å². The van der Waals surface area contributed by atoms with Crippen molar-refractivity contribution in [1.29, 1.82) is 0 Å². The van der Waals surface area contributed by atoms with Crippen molar-refractivity contribution in [3.63, 3.8) is 0 Å². The molecule has 1 aliphatic heterocycles. The fourth-order valence-corrected chi connectivity index (χ4v) is 2.51. The molecule has 6 heteroatoms. The predicted molar refractivity (Wildman–Crippen MR) is 86.7 cm³/mol. The fraction of sp³-hybridized carbons (Fsp3) is 0.647. The molecule has 0 bridgehead atoms. The van der Waals surface area contributed by atoms with Crippen LogP contribution in [0, 0.1) is 0 Å². The summed E-state index contributed by atoms with van der Waals surface area (Å²) in [6.45, 7) is 5.16. The average molecular weight is 325 g/mol. The van der Waals surface area contributed by atoms with Crippen LogP contribution in [0.2, 0.25) is 0 Å². The molecular weight excluding hydrogens is 298 g/mol. The number of benzene rings is 1. The highest BCUT2D eigenvalue weighted by Crippen LogP contribution is 2.32. The molecule has 2 rings (SSSR count). The first-order valence-corrected chi connectivity index (χ1v) is 8.20. The Balaban J connectivity index is 1.70. The van der Waals surface area contributed by atoms with Crippen LogP contribution in [0.15, 0.2) is 18.2 Å². The standard InChI is InChI=1S/C17H27NO5/c1-2-3-6-18(7-8-19)10-15(20)12-21-11-14-4-5-16-17(9-14)23-13-22-16/h4-5,9,15,19-20H,2-3,6-8,10-13H2,1H3/t15-/m1/s1. The third kappa shape index (κ3) is 5.99. The molecule has 0 radical (unpaired) electrons. The van der Waals surface area contributed by atoms with E-state index in [1.54, 1.807) is 0 Å². The van der Waals surface area contributed by atoms with Gasteiger partial charge in [-0.1, -0.05) is 19.4 Å². The number of hydrogen-bond donors (Lipinski definition) is 2. The van der Waals surface area contributed by atoms with Crippen molar-refractivity contribution in [3.8, 4) is 11.5 Å². The maximum atomic E-state index is 10.1. The van der Waals surface area contributed by atoms with Crippen molar-refractivity contribution >= 4 is 0 Å². The minimum atomic E-state index is -0.563. The van der Waals surface area contributed by atoms with Crippen molar-refractivity contribution in [3.05, 3.63) is 23.8 Å². The topological polar surface area (TPSA) is 71.4 Å². The van der Waals surface area contributed by atoms with Gasteiger partial charge in [0.25, 0.3) is 0 Å². The zero-order valence-corrected chi connectivity index (χ0v) is 13.7. The van der Waals surface area contributed by atoms with Gasteiger partial charge in [-0.15, -0.1) is 0 Å². The van der Waals surface area contributed by atoms with E-state index >= 15 is 0 Å². The average Bonchev–Trinajstić information content (AvgIpc) is 3.00. The summed E-state index contributed by atoms with van der Waals surface area (Å²) in [5.74, 6) is 1.49. The molecule has 0 unspecified atom stereocenters. The summed E-state index contributed by atoms with van der Waals surface area (Å²) in [6, 6.07) is 5.69. The molecule has 0 aliphatic carbocycles. The van der Waals surface area contributed by atoms with Crippen LogP contribution in [0.25, 0.3) is 0 Å². The predicted octanol–water partition coefficient (Wildman–Crippen LogP) is 1.39. The smallest absolute Gasteiger partial charge is 0.231 e. The monoisotopic (exact) mass is 325 g/mol. The van der Waals surface area contributed by atoms with Crippen LogP contribution in [0.4, 0.5) is 0 Å². The summed E-state index contributed by atoms with van der Waals surface area (Å²) in [6.07, 6.45) is 1.59. The highest BCUT2D eigenvalue weighted by molar-refractivity contribution is 5.44. The molecule has 1 aromatic rings. The summed E-state index contributed by atoms with van der Waals surface area (Å²) in [4.78, 5) is 2.07. The van der Waals surface area contributed by atoms with Crippen LogP contribution in [0.5, 0.6) is 11.5 Å². The second-order valence-electron chi connectivity index (χ2n) is 5.73. The number of unbranched alkanes of at least 4 members (excludes halogenated alkanes) is 1. The van der Waals surface area contributed by atoms with E-state index in [0.29, 0.717) is 19.7 Å². The first-order chi connectivity index (χ1) is 11.2. The lowest BCUT2D eigenvalue weighted by Crippen LogP contribution is -2.37. The zero-order chi connectivity index (χ0) is 16.5. The molecule has 2 N–H and O–H groups in total. The highest BCUT2D eigenvalue weighted by atomic mass is 16.7. The zero-order valence-electron chi connectivity index (χ0n) is 13.7. The Labute approximate surface area is 137 Å². The normalized spacial score (nSPS) is 14.4. The van der Waals surface area contributed by atoms with Gasteiger partial charge in [0.2, 0.25) is 6.79 Å². The fourth-order valence-electron chi connectivity index (χ4n) is 2.51. The van der Waals surface area contributed by atoms with E-state index in [9.17, 15) is 5.11 Å². The highest BCUT2D eigenvalue weighted by Gasteiger charge is 2.14. The molecule has 6 nitrogen and oxygen atoms in total. The van der Waals surface area contributed by atoms with Gasteiger partial charge in [0.05, 0.1) is 25.9 Å². The van der Waals surface area contributed by atoms with E-state index in [-0.39, 0.29) is 20.0 Å². The number of ether oxygens (including phenoxy) is 3. The minimum absolute atomic E-state index is 0.106. The summed E-state index contributed by atoms with van der Waals surface area (Å²) in [5.41, 5.74) is 0.986. The number of fused-ring (bicyclic) bond motifs is 1. The van der Waals surface area contributed by atoms with E-state index in [1.807, 2.05) is 18.2 Å². The maximum absolute atomic E-state index is 10.1. The SMILES string of the molecule is CCCCN(CCO)C[C@@H](O)COCc1ccc2c(c1)OCO2. The van der Waals surface area contributed by atoms with Crippen LogP contribution >= 0.6 is 0 Å². The van der Waals surface area contributed by atoms with Gasteiger partial charge in [0, 0.05) is 13.1 Å².